The largest absolute Gasteiger partial charge is 0.547 e. The highest BCUT2D eigenvalue weighted by atomic mass is 127. The van der Waals surface area contributed by atoms with Gasteiger partial charge in [0.1, 0.15) is 0 Å². The highest BCUT2D eigenvalue weighted by Crippen LogP contribution is 2.24. The van der Waals surface area contributed by atoms with Crippen LogP contribution >= 0.6 is 38.5 Å². The van der Waals surface area contributed by atoms with Crippen molar-refractivity contribution in [3.05, 3.63) is 0 Å². The Kier molecular flexibility index (Phi) is 16.9. The summed E-state index contributed by atoms with van der Waals surface area (Å²) in [5.41, 5.74) is 0. The molecule has 25 heavy (non-hydrogen) atoms. The standard InChI is InChI=1S/2C7H18N.C3H2BrIO4/c2*1-5-8(4,6-2)7-3;4-3(5,1(6)7)2(8)9/h2*5-7H2,1-4H3;(H,6,7)(H,8,9)/q2*+1;/p-2. The molecule has 0 aliphatic carbocycles. The van der Waals surface area contributed by atoms with Crippen molar-refractivity contribution in [1.29, 1.82) is 0 Å². The molecule has 0 aromatic carbocycles. The molecule has 0 aromatic heterocycles. The Morgan fingerprint density at radius 1 is 0.760 bits per heavy atom. The van der Waals surface area contributed by atoms with Gasteiger partial charge in [0.2, 0.25) is 0 Å². The number of aliphatic carboxylic acids is 2. The predicted octanol–water partition coefficient (Wildman–Crippen LogP) is 0.998. The zero-order valence-corrected chi connectivity index (χ0v) is 20.8. The van der Waals surface area contributed by atoms with Crippen LogP contribution in [0.5, 0.6) is 0 Å². The van der Waals surface area contributed by atoms with Crippen molar-refractivity contribution in [3.63, 3.8) is 0 Å². The van der Waals surface area contributed by atoms with Crippen molar-refractivity contribution in [2.45, 2.75) is 43.9 Å². The summed E-state index contributed by atoms with van der Waals surface area (Å²) < 4.78 is 0.310. The first-order valence-corrected chi connectivity index (χ1v) is 10.6. The summed E-state index contributed by atoms with van der Waals surface area (Å²) in [6, 6.07) is 0. The lowest BCUT2D eigenvalue weighted by atomic mass is 10.4. The molecule has 8 heteroatoms. The zero-order valence-electron chi connectivity index (χ0n) is 17.0. The van der Waals surface area contributed by atoms with E-state index in [0.717, 1.165) is 22.6 Å². The van der Waals surface area contributed by atoms with E-state index in [1.165, 1.54) is 48.2 Å². The molecular weight excluding hydrogens is 503 g/mol. The van der Waals surface area contributed by atoms with E-state index >= 15 is 0 Å². The predicted molar refractivity (Wildman–Crippen MR) is 111 cm³/mol. The number of hydrogen-bond donors (Lipinski definition) is 0. The first-order valence-electron chi connectivity index (χ1n) is 8.73. The van der Waals surface area contributed by atoms with Gasteiger partial charge in [-0.15, -0.1) is 0 Å². The summed E-state index contributed by atoms with van der Waals surface area (Å²) in [5, 5.41) is 19.8. The maximum Gasteiger partial charge on any atom is 0.155 e. The molecule has 0 aromatic rings. The highest BCUT2D eigenvalue weighted by molar-refractivity contribution is 14.1. The van der Waals surface area contributed by atoms with E-state index in [0.29, 0.717) is 0 Å². The molecule has 0 amide bonds. The Balaban J connectivity index is -0.000000291. The van der Waals surface area contributed by atoms with Gasteiger partial charge in [0, 0.05) is 0 Å². The summed E-state index contributed by atoms with van der Waals surface area (Å²) in [6.45, 7) is 21.0. The Morgan fingerprint density at radius 2 is 0.920 bits per heavy atom. The van der Waals surface area contributed by atoms with E-state index in [1.54, 1.807) is 0 Å². The third kappa shape index (κ3) is 13.0. The summed E-state index contributed by atoms with van der Waals surface area (Å²) in [7, 11) is 4.58. The molecule has 0 aliphatic rings. The van der Waals surface area contributed by atoms with Crippen LogP contribution in [0.3, 0.4) is 0 Å². The third-order valence-electron chi connectivity index (χ3n) is 5.09. The maximum absolute atomic E-state index is 9.88. The van der Waals surface area contributed by atoms with Crippen LogP contribution < -0.4 is 10.2 Å². The Bertz CT molecular complexity index is 334. The van der Waals surface area contributed by atoms with Crippen molar-refractivity contribution in [3.8, 4) is 0 Å². The fourth-order valence-corrected chi connectivity index (χ4v) is 1.42. The molecule has 0 radical (unpaired) electrons. The molecule has 0 saturated carbocycles. The van der Waals surface area contributed by atoms with Crippen molar-refractivity contribution < 1.29 is 28.8 Å². The summed E-state index contributed by atoms with van der Waals surface area (Å²) in [4.78, 5) is 19.8. The molecule has 0 unspecified atom stereocenters. The van der Waals surface area contributed by atoms with Gasteiger partial charge < -0.3 is 28.8 Å². The summed E-state index contributed by atoms with van der Waals surface area (Å²) in [5.74, 6) is -3.47. The Labute approximate surface area is 176 Å². The topological polar surface area (TPSA) is 80.3 Å². The number of hydrogen-bond acceptors (Lipinski definition) is 4. The number of quaternary nitrogens is 2. The van der Waals surface area contributed by atoms with Crippen molar-refractivity contribution in [2.24, 2.45) is 0 Å². The number of carboxylic acids is 2. The molecule has 0 heterocycles. The number of carbonyl (C=O) groups excluding carboxylic acids is 2. The molecule has 152 valence electrons. The van der Waals surface area contributed by atoms with Gasteiger partial charge in [-0.1, -0.05) is 38.5 Å². The van der Waals surface area contributed by atoms with Crippen molar-refractivity contribution >= 4 is 50.5 Å². The van der Waals surface area contributed by atoms with Crippen LogP contribution in [-0.4, -0.2) is 76.6 Å². The van der Waals surface area contributed by atoms with Gasteiger partial charge in [0.25, 0.3) is 0 Å². The van der Waals surface area contributed by atoms with Crippen LogP contribution in [0.25, 0.3) is 0 Å². The fraction of sp³-hybridized carbons (Fsp3) is 0.882. The fourth-order valence-electron chi connectivity index (χ4n) is 1.42. The van der Waals surface area contributed by atoms with Crippen LogP contribution in [-0.2, 0) is 9.59 Å². The van der Waals surface area contributed by atoms with E-state index in [9.17, 15) is 19.8 Å². The Hall–Kier alpha value is 0.0700. The van der Waals surface area contributed by atoms with E-state index < -0.39 is 14.3 Å². The molecule has 0 N–H and O–H groups in total. The van der Waals surface area contributed by atoms with Gasteiger partial charge in [-0.3, -0.25) is 0 Å². The van der Waals surface area contributed by atoms with Gasteiger partial charge in [-0.25, -0.2) is 0 Å². The SMILES string of the molecule is CC[N+](C)(CC)CC.CC[N+](C)(CC)CC.O=C([O-])C(Br)(I)C(=O)[O-]. The first kappa shape index (κ1) is 29.8. The summed E-state index contributed by atoms with van der Waals surface area (Å²) >= 11 is 3.52. The number of halogens is 2. The number of nitrogens with zero attached hydrogens (tertiary/aromatic N) is 2. The molecule has 6 nitrogen and oxygen atoms in total. The summed E-state index contributed by atoms with van der Waals surface area (Å²) in [6.07, 6.45) is 0. The minimum absolute atomic E-state index is 1.15. The van der Waals surface area contributed by atoms with E-state index in [1.807, 2.05) is 0 Å². The molecular formula is C17H36BrIN2O4. The van der Waals surface area contributed by atoms with Crippen LogP contribution in [0.2, 0.25) is 0 Å². The normalized spacial score (nSPS) is 11.6. The highest BCUT2D eigenvalue weighted by Gasteiger charge is 2.25. The molecule has 0 spiro atoms. The van der Waals surface area contributed by atoms with Crippen LogP contribution in [0.4, 0.5) is 0 Å². The maximum atomic E-state index is 9.88. The second kappa shape index (κ2) is 14.2. The second-order valence-electron chi connectivity index (χ2n) is 6.29. The van der Waals surface area contributed by atoms with Crippen LogP contribution in [0.1, 0.15) is 41.5 Å². The number of rotatable bonds is 8. The van der Waals surface area contributed by atoms with E-state index in [2.05, 4.69) is 71.6 Å². The molecule has 0 atom stereocenters. The number of carboxylic acid groups (broad SMARTS) is 2. The zero-order chi connectivity index (χ0) is 20.9. The number of alkyl halides is 2. The van der Waals surface area contributed by atoms with Crippen LogP contribution in [0, 0.1) is 0 Å². The molecule has 0 rings (SSSR count). The average molecular weight is 539 g/mol. The minimum atomic E-state index is -2.11. The van der Waals surface area contributed by atoms with Crippen molar-refractivity contribution in [1.82, 2.24) is 0 Å². The molecule has 0 saturated heterocycles. The van der Waals surface area contributed by atoms with E-state index in [4.69, 9.17) is 0 Å². The minimum Gasteiger partial charge on any atom is -0.547 e. The molecule has 0 bridgehead atoms. The lowest BCUT2D eigenvalue weighted by Gasteiger charge is -2.30. The Morgan fingerprint density at radius 3 is 0.920 bits per heavy atom. The quantitative estimate of drug-likeness (QED) is 0.200. The lowest BCUT2D eigenvalue weighted by molar-refractivity contribution is -0.904. The lowest BCUT2D eigenvalue weighted by Crippen LogP contribution is -2.51. The van der Waals surface area contributed by atoms with Gasteiger partial charge >= 0.3 is 0 Å². The monoisotopic (exact) mass is 538 g/mol. The van der Waals surface area contributed by atoms with Gasteiger partial charge in [-0.05, 0) is 41.5 Å². The van der Waals surface area contributed by atoms with Crippen molar-refractivity contribution in [2.75, 3.05) is 53.4 Å². The smallest absolute Gasteiger partial charge is 0.155 e. The van der Waals surface area contributed by atoms with Crippen LogP contribution in [0.15, 0.2) is 0 Å². The molecule has 0 aliphatic heterocycles. The average Bonchev–Trinajstić information content (AvgIpc) is 2.61. The molecule has 0 fully saturated rings. The number of carbonyl (C=O) groups is 2. The van der Waals surface area contributed by atoms with E-state index in [-0.39, 0.29) is 0 Å². The van der Waals surface area contributed by atoms with Gasteiger partial charge in [0.05, 0.1) is 65.3 Å². The second-order valence-corrected chi connectivity index (χ2v) is 10.6. The van der Waals surface area contributed by atoms with Gasteiger partial charge in [0.15, 0.2) is 2.33 Å². The van der Waals surface area contributed by atoms with Gasteiger partial charge in [-0.2, -0.15) is 0 Å². The third-order valence-corrected chi connectivity index (χ3v) is 6.62. The first-order chi connectivity index (χ1) is 11.3.